The number of hydrogen-bond donors (Lipinski definition) is 2. The summed E-state index contributed by atoms with van der Waals surface area (Å²) in [5.74, 6) is -0.449. The van der Waals surface area contributed by atoms with Gasteiger partial charge in [0.1, 0.15) is 0 Å². The fraction of sp³-hybridized carbons (Fsp3) is 0.333. The highest BCUT2D eigenvalue weighted by Crippen LogP contribution is 2.37. The van der Waals surface area contributed by atoms with Gasteiger partial charge in [0.15, 0.2) is 9.84 Å². The largest absolute Gasteiger partial charge is 0.356 e. The first-order valence-corrected chi connectivity index (χ1v) is 11.9. The van der Waals surface area contributed by atoms with Crippen molar-refractivity contribution in [3.8, 4) is 0 Å². The molecule has 8 heteroatoms. The van der Waals surface area contributed by atoms with Crippen LogP contribution in [0.5, 0.6) is 0 Å². The van der Waals surface area contributed by atoms with Crippen molar-refractivity contribution in [1.29, 1.82) is 0 Å². The number of carbonyl (C=O) groups excluding carboxylic acids is 2. The fourth-order valence-corrected chi connectivity index (χ4v) is 5.34. The SMILES string of the molecule is C[C@H]1Sc2ccc(S(=O)(=O)[C@@H](C)CC(=O)NCCc3ccccc3)cc2NC1=O. The van der Waals surface area contributed by atoms with Crippen molar-refractivity contribution in [3.63, 3.8) is 0 Å². The number of rotatable bonds is 7. The van der Waals surface area contributed by atoms with E-state index in [0.29, 0.717) is 18.7 Å². The molecule has 0 saturated heterocycles. The second-order valence-electron chi connectivity index (χ2n) is 7.05. The van der Waals surface area contributed by atoms with E-state index < -0.39 is 15.1 Å². The Morgan fingerprint density at radius 3 is 2.66 bits per heavy atom. The van der Waals surface area contributed by atoms with Crippen molar-refractivity contribution >= 4 is 39.1 Å². The smallest absolute Gasteiger partial charge is 0.237 e. The lowest BCUT2D eigenvalue weighted by molar-refractivity contribution is -0.121. The van der Waals surface area contributed by atoms with Crippen LogP contribution in [-0.4, -0.2) is 37.3 Å². The van der Waals surface area contributed by atoms with E-state index in [1.165, 1.54) is 30.8 Å². The Morgan fingerprint density at radius 1 is 1.21 bits per heavy atom. The molecule has 2 amide bonds. The van der Waals surface area contributed by atoms with E-state index in [1.807, 2.05) is 30.3 Å². The normalized spacial score (nSPS) is 17.2. The summed E-state index contributed by atoms with van der Waals surface area (Å²) in [5.41, 5.74) is 1.61. The van der Waals surface area contributed by atoms with Gasteiger partial charge in [0.25, 0.3) is 0 Å². The lowest BCUT2D eigenvalue weighted by atomic mass is 10.1. The molecule has 1 heterocycles. The quantitative estimate of drug-likeness (QED) is 0.702. The predicted octanol–water partition coefficient (Wildman–Crippen LogP) is 3.03. The highest BCUT2D eigenvalue weighted by atomic mass is 32.2. The van der Waals surface area contributed by atoms with E-state index in [1.54, 1.807) is 13.0 Å². The summed E-state index contributed by atoms with van der Waals surface area (Å²) in [7, 11) is -3.70. The molecular weight excluding hydrogens is 408 g/mol. The third-order valence-electron chi connectivity index (χ3n) is 4.79. The van der Waals surface area contributed by atoms with Crippen molar-refractivity contribution in [2.45, 2.75) is 47.0 Å². The van der Waals surface area contributed by atoms with Gasteiger partial charge in [-0.3, -0.25) is 9.59 Å². The molecule has 0 radical (unpaired) electrons. The molecular formula is C21H24N2O4S2. The zero-order chi connectivity index (χ0) is 21.0. The number of fused-ring (bicyclic) bond motifs is 1. The highest BCUT2D eigenvalue weighted by molar-refractivity contribution is 8.01. The van der Waals surface area contributed by atoms with Crippen LogP contribution in [0.2, 0.25) is 0 Å². The van der Waals surface area contributed by atoms with Gasteiger partial charge < -0.3 is 10.6 Å². The van der Waals surface area contributed by atoms with Crippen LogP contribution >= 0.6 is 11.8 Å². The lowest BCUT2D eigenvalue weighted by Crippen LogP contribution is -2.31. The first kappa shape index (κ1) is 21.4. The average molecular weight is 433 g/mol. The number of thioether (sulfide) groups is 1. The van der Waals surface area contributed by atoms with Crippen LogP contribution in [0, 0.1) is 0 Å². The predicted molar refractivity (Wildman–Crippen MR) is 115 cm³/mol. The van der Waals surface area contributed by atoms with Crippen LogP contribution in [0.25, 0.3) is 0 Å². The minimum absolute atomic E-state index is 0.108. The Morgan fingerprint density at radius 2 is 1.93 bits per heavy atom. The van der Waals surface area contributed by atoms with Gasteiger partial charge >= 0.3 is 0 Å². The summed E-state index contributed by atoms with van der Waals surface area (Å²) in [6.45, 7) is 3.78. The lowest BCUT2D eigenvalue weighted by Gasteiger charge is -2.22. The molecule has 1 aliphatic heterocycles. The molecule has 0 aliphatic carbocycles. The maximum Gasteiger partial charge on any atom is 0.237 e. The van der Waals surface area contributed by atoms with Crippen LogP contribution in [0.15, 0.2) is 58.3 Å². The monoisotopic (exact) mass is 432 g/mol. The third kappa shape index (κ3) is 5.19. The average Bonchev–Trinajstić information content (AvgIpc) is 2.69. The molecule has 6 nitrogen and oxygen atoms in total. The molecule has 29 heavy (non-hydrogen) atoms. The van der Waals surface area contributed by atoms with Gasteiger partial charge in [-0.05, 0) is 44.0 Å². The number of anilines is 1. The standard InChI is InChI=1S/C21H24N2O4S2/c1-14(12-20(24)22-11-10-16-6-4-3-5-7-16)29(26,27)17-8-9-19-18(13-17)23-21(25)15(2)28-19/h3-9,13-15H,10-12H2,1-2H3,(H,22,24)(H,23,25)/t14-,15+/m0/s1. The molecule has 0 fully saturated rings. The maximum absolute atomic E-state index is 12.9. The first-order chi connectivity index (χ1) is 13.8. The minimum Gasteiger partial charge on any atom is -0.356 e. The van der Waals surface area contributed by atoms with Crippen molar-refractivity contribution in [1.82, 2.24) is 5.32 Å². The van der Waals surface area contributed by atoms with Crippen LogP contribution in [0.1, 0.15) is 25.8 Å². The Balaban J connectivity index is 1.61. The zero-order valence-corrected chi connectivity index (χ0v) is 18.0. The molecule has 2 aromatic rings. The minimum atomic E-state index is -3.70. The molecule has 0 aromatic heterocycles. The number of hydrogen-bond acceptors (Lipinski definition) is 5. The molecule has 2 N–H and O–H groups in total. The van der Waals surface area contributed by atoms with Gasteiger partial charge in [-0.2, -0.15) is 0 Å². The van der Waals surface area contributed by atoms with E-state index in [4.69, 9.17) is 0 Å². The van der Waals surface area contributed by atoms with Crippen LogP contribution in [0.3, 0.4) is 0 Å². The molecule has 154 valence electrons. The van der Waals surface area contributed by atoms with Gasteiger partial charge in [-0.1, -0.05) is 30.3 Å². The summed E-state index contributed by atoms with van der Waals surface area (Å²) in [6.07, 6.45) is 0.570. The second-order valence-corrected chi connectivity index (χ2v) is 10.8. The van der Waals surface area contributed by atoms with Gasteiger partial charge in [0.2, 0.25) is 11.8 Å². The molecule has 2 atom stereocenters. The topological polar surface area (TPSA) is 92.3 Å². The van der Waals surface area contributed by atoms with Crippen LogP contribution in [-0.2, 0) is 25.8 Å². The number of nitrogens with one attached hydrogen (secondary N) is 2. The second kappa shape index (κ2) is 9.00. The number of benzene rings is 2. The summed E-state index contributed by atoms with van der Waals surface area (Å²) < 4.78 is 25.8. The van der Waals surface area contributed by atoms with E-state index in [0.717, 1.165) is 10.5 Å². The van der Waals surface area contributed by atoms with E-state index in [-0.39, 0.29) is 28.4 Å². The highest BCUT2D eigenvalue weighted by Gasteiger charge is 2.29. The van der Waals surface area contributed by atoms with E-state index in [9.17, 15) is 18.0 Å². The summed E-state index contributed by atoms with van der Waals surface area (Å²) in [4.78, 5) is 25.0. The Hall–Kier alpha value is -2.32. The first-order valence-electron chi connectivity index (χ1n) is 9.43. The van der Waals surface area contributed by atoms with Crippen molar-refractivity contribution in [2.24, 2.45) is 0 Å². The number of sulfone groups is 1. The van der Waals surface area contributed by atoms with E-state index in [2.05, 4.69) is 10.6 Å². The van der Waals surface area contributed by atoms with Crippen molar-refractivity contribution < 1.29 is 18.0 Å². The molecule has 1 aliphatic rings. The Labute approximate surface area is 175 Å². The van der Waals surface area contributed by atoms with Gasteiger partial charge in [-0.15, -0.1) is 11.8 Å². The fourth-order valence-electron chi connectivity index (χ4n) is 3.03. The molecule has 0 saturated carbocycles. The third-order valence-corrected chi connectivity index (χ3v) is 8.11. The van der Waals surface area contributed by atoms with Crippen LogP contribution in [0.4, 0.5) is 5.69 Å². The molecule has 2 aromatic carbocycles. The summed E-state index contributed by atoms with van der Waals surface area (Å²) in [5, 5.41) is 4.43. The number of amides is 2. The molecule has 3 rings (SSSR count). The Kier molecular flexibility index (Phi) is 6.64. The summed E-state index contributed by atoms with van der Waals surface area (Å²) >= 11 is 1.39. The van der Waals surface area contributed by atoms with Gasteiger partial charge in [0, 0.05) is 17.9 Å². The zero-order valence-electron chi connectivity index (χ0n) is 16.3. The molecule has 0 unspecified atom stereocenters. The van der Waals surface area contributed by atoms with Gasteiger partial charge in [0.05, 0.1) is 21.1 Å². The van der Waals surface area contributed by atoms with Crippen molar-refractivity contribution in [2.75, 3.05) is 11.9 Å². The maximum atomic E-state index is 12.9. The van der Waals surface area contributed by atoms with Crippen molar-refractivity contribution in [3.05, 3.63) is 54.1 Å². The number of carbonyl (C=O) groups is 2. The molecule has 0 bridgehead atoms. The van der Waals surface area contributed by atoms with Gasteiger partial charge in [-0.25, -0.2) is 8.42 Å². The Bertz CT molecular complexity index is 1010. The van der Waals surface area contributed by atoms with E-state index >= 15 is 0 Å². The van der Waals surface area contributed by atoms with Crippen LogP contribution < -0.4 is 10.6 Å². The molecule has 0 spiro atoms. The summed E-state index contributed by atoms with van der Waals surface area (Å²) in [6, 6.07) is 14.5.